The summed E-state index contributed by atoms with van der Waals surface area (Å²) >= 11 is 0. The average Bonchev–Trinajstić information content (AvgIpc) is 2.39. The first-order chi connectivity index (χ1) is 9.84. The Morgan fingerprint density at radius 2 is 1.33 bits per heavy atom. The predicted octanol–water partition coefficient (Wildman–Crippen LogP) is 4.99. The summed E-state index contributed by atoms with van der Waals surface area (Å²) < 4.78 is 0. The van der Waals surface area contributed by atoms with Crippen molar-refractivity contribution in [3.05, 3.63) is 22.8 Å². The molecule has 1 aromatic carbocycles. The number of hydrogen-bond acceptors (Lipinski definition) is 4. The highest BCUT2D eigenvalue weighted by Crippen LogP contribution is 2.44. The molecule has 0 atom stereocenters. The smallest absolute Gasteiger partial charge is 0.211 e. The first-order valence-electron chi connectivity index (χ1n) is 7.21. The fraction of sp³-hybridized carbons (Fsp3) is 0.529. The number of rotatable bonds is 5. The minimum absolute atomic E-state index is 0.161. The van der Waals surface area contributed by atoms with Crippen molar-refractivity contribution in [2.75, 3.05) is 0 Å². The van der Waals surface area contributed by atoms with Crippen molar-refractivity contribution in [2.24, 2.45) is 9.98 Å². The van der Waals surface area contributed by atoms with E-state index in [0.717, 1.165) is 11.1 Å². The van der Waals surface area contributed by atoms with Crippen LogP contribution in [0.15, 0.2) is 16.1 Å². The minimum atomic E-state index is 0.161. The highest BCUT2D eigenvalue weighted by atomic mass is 16.1. The molecule has 0 fully saturated rings. The van der Waals surface area contributed by atoms with Gasteiger partial charge < -0.3 is 0 Å². The molecule has 0 radical (unpaired) electrons. The van der Waals surface area contributed by atoms with E-state index in [9.17, 15) is 9.59 Å². The number of hydrogen-bond donors (Lipinski definition) is 0. The standard InChI is InChI=1S/C17H22N2O2/c1-10(2)13-7-14(18-8-20)17(19-9-21)16(12(5)6)15(13)11(3)4/h7,10-12H,1-6H3. The molecule has 0 aliphatic carbocycles. The molecule has 0 amide bonds. The molecule has 0 bridgehead atoms. The lowest BCUT2D eigenvalue weighted by molar-refractivity contribution is 0.564. The summed E-state index contributed by atoms with van der Waals surface area (Å²) in [5.41, 5.74) is 4.11. The molecule has 0 aromatic heterocycles. The van der Waals surface area contributed by atoms with Gasteiger partial charge in [0.15, 0.2) is 0 Å². The lowest BCUT2D eigenvalue weighted by Crippen LogP contribution is -2.06. The molecule has 0 saturated carbocycles. The first-order valence-corrected chi connectivity index (χ1v) is 7.21. The van der Waals surface area contributed by atoms with Crippen molar-refractivity contribution >= 4 is 23.5 Å². The molecular weight excluding hydrogens is 264 g/mol. The third-order valence-corrected chi connectivity index (χ3v) is 3.49. The van der Waals surface area contributed by atoms with E-state index in [2.05, 4.69) is 37.7 Å². The summed E-state index contributed by atoms with van der Waals surface area (Å²) in [5.74, 6) is 0.734. The zero-order valence-corrected chi connectivity index (χ0v) is 13.5. The van der Waals surface area contributed by atoms with Crippen LogP contribution in [0.4, 0.5) is 11.4 Å². The number of isocyanates is 2. The lowest BCUT2D eigenvalue weighted by Gasteiger charge is -2.24. The minimum Gasteiger partial charge on any atom is -0.211 e. The molecule has 4 heteroatoms. The molecule has 4 nitrogen and oxygen atoms in total. The Hall–Kier alpha value is -2.02. The van der Waals surface area contributed by atoms with Crippen LogP contribution in [0.25, 0.3) is 0 Å². The fourth-order valence-electron chi connectivity index (χ4n) is 2.72. The first kappa shape index (κ1) is 17.0. The van der Waals surface area contributed by atoms with Gasteiger partial charge in [-0.3, -0.25) is 0 Å². The molecule has 0 saturated heterocycles. The van der Waals surface area contributed by atoms with Gasteiger partial charge in [0.1, 0.15) is 11.4 Å². The Morgan fingerprint density at radius 3 is 1.71 bits per heavy atom. The van der Waals surface area contributed by atoms with Crippen molar-refractivity contribution in [3.8, 4) is 0 Å². The maximum absolute atomic E-state index is 10.8. The van der Waals surface area contributed by atoms with Crippen LogP contribution in [-0.2, 0) is 9.59 Å². The van der Waals surface area contributed by atoms with Crippen molar-refractivity contribution in [1.29, 1.82) is 0 Å². The molecule has 0 heterocycles. The zero-order valence-electron chi connectivity index (χ0n) is 13.5. The summed E-state index contributed by atoms with van der Waals surface area (Å²) in [6, 6.07) is 1.84. The van der Waals surface area contributed by atoms with Gasteiger partial charge in [0.2, 0.25) is 12.2 Å². The molecular formula is C17H22N2O2. The molecule has 0 aliphatic rings. The maximum atomic E-state index is 10.8. The number of carbonyl (C=O) groups excluding carboxylic acids is 2. The SMILES string of the molecule is CC(C)c1cc(N=C=O)c(N=C=O)c(C(C)C)c1C(C)C. The number of nitrogens with zero attached hydrogens (tertiary/aromatic N) is 2. The van der Waals surface area contributed by atoms with Gasteiger partial charge in [0.05, 0.1) is 0 Å². The van der Waals surface area contributed by atoms with Gasteiger partial charge >= 0.3 is 0 Å². The van der Waals surface area contributed by atoms with Crippen molar-refractivity contribution < 1.29 is 9.59 Å². The topological polar surface area (TPSA) is 58.9 Å². The van der Waals surface area contributed by atoms with Crippen LogP contribution in [0.3, 0.4) is 0 Å². The highest BCUT2D eigenvalue weighted by molar-refractivity contribution is 5.75. The van der Waals surface area contributed by atoms with E-state index in [-0.39, 0.29) is 17.8 Å². The maximum Gasteiger partial charge on any atom is 0.240 e. The van der Waals surface area contributed by atoms with Gasteiger partial charge in [-0.05, 0) is 40.5 Å². The van der Waals surface area contributed by atoms with Gasteiger partial charge in [0, 0.05) is 0 Å². The Morgan fingerprint density at radius 1 is 0.810 bits per heavy atom. The van der Waals surface area contributed by atoms with Gasteiger partial charge in [-0.2, -0.15) is 9.98 Å². The Kier molecular flexibility index (Phi) is 5.78. The fourth-order valence-corrected chi connectivity index (χ4v) is 2.72. The Balaban J connectivity index is 3.97. The van der Waals surface area contributed by atoms with Crippen LogP contribution in [0.2, 0.25) is 0 Å². The van der Waals surface area contributed by atoms with E-state index in [1.54, 1.807) is 12.2 Å². The van der Waals surface area contributed by atoms with Crippen molar-refractivity contribution in [2.45, 2.75) is 59.3 Å². The van der Waals surface area contributed by atoms with Gasteiger partial charge in [-0.15, -0.1) is 0 Å². The van der Waals surface area contributed by atoms with E-state index in [4.69, 9.17) is 0 Å². The highest BCUT2D eigenvalue weighted by Gasteiger charge is 2.23. The van der Waals surface area contributed by atoms with Crippen LogP contribution in [0.5, 0.6) is 0 Å². The number of benzene rings is 1. The predicted molar refractivity (Wildman–Crippen MR) is 84.3 cm³/mol. The van der Waals surface area contributed by atoms with Crippen molar-refractivity contribution in [3.63, 3.8) is 0 Å². The number of aliphatic imine (C=N–C) groups is 2. The zero-order chi connectivity index (χ0) is 16.2. The molecule has 0 N–H and O–H groups in total. The van der Waals surface area contributed by atoms with Crippen LogP contribution >= 0.6 is 0 Å². The third kappa shape index (κ3) is 3.55. The van der Waals surface area contributed by atoms with Crippen LogP contribution in [0.1, 0.15) is 76.0 Å². The second-order valence-corrected chi connectivity index (χ2v) is 6.03. The Labute approximate surface area is 126 Å². The van der Waals surface area contributed by atoms with Crippen LogP contribution in [-0.4, -0.2) is 12.2 Å². The summed E-state index contributed by atoms with van der Waals surface area (Å²) in [7, 11) is 0. The molecule has 21 heavy (non-hydrogen) atoms. The van der Waals surface area contributed by atoms with Crippen LogP contribution in [0, 0.1) is 0 Å². The average molecular weight is 286 g/mol. The monoisotopic (exact) mass is 286 g/mol. The van der Waals surface area contributed by atoms with Crippen molar-refractivity contribution in [1.82, 2.24) is 0 Å². The van der Waals surface area contributed by atoms with Crippen LogP contribution < -0.4 is 0 Å². The van der Waals surface area contributed by atoms with E-state index < -0.39 is 0 Å². The molecule has 112 valence electrons. The summed E-state index contributed by atoms with van der Waals surface area (Å²) in [6.07, 6.45) is 3.13. The summed E-state index contributed by atoms with van der Waals surface area (Å²) in [5, 5.41) is 0. The molecule has 0 spiro atoms. The van der Waals surface area contributed by atoms with E-state index in [0.29, 0.717) is 11.4 Å². The molecule has 1 rings (SSSR count). The van der Waals surface area contributed by atoms with E-state index in [1.165, 1.54) is 5.56 Å². The van der Waals surface area contributed by atoms with Gasteiger partial charge in [-0.25, -0.2) is 9.59 Å². The lowest BCUT2D eigenvalue weighted by atomic mass is 9.81. The summed E-state index contributed by atoms with van der Waals surface area (Å²) in [4.78, 5) is 29.0. The second-order valence-electron chi connectivity index (χ2n) is 6.03. The van der Waals surface area contributed by atoms with Gasteiger partial charge in [0.25, 0.3) is 0 Å². The van der Waals surface area contributed by atoms with Gasteiger partial charge in [-0.1, -0.05) is 41.5 Å². The molecule has 1 aromatic rings. The normalized spacial score (nSPS) is 10.7. The quantitative estimate of drug-likeness (QED) is 0.565. The Bertz CT molecular complexity index is 618. The third-order valence-electron chi connectivity index (χ3n) is 3.49. The molecule has 0 aliphatic heterocycles. The van der Waals surface area contributed by atoms with E-state index >= 15 is 0 Å². The summed E-state index contributed by atoms with van der Waals surface area (Å²) in [6.45, 7) is 12.5. The van der Waals surface area contributed by atoms with E-state index in [1.807, 2.05) is 19.9 Å². The second kappa shape index (κ2) is 7.12. The largest absolute Gasteiger partial charge is 0.240 e. The molecule has 0 unspecified atom stereocenters.